The van der Waals surface area contributed by atoms with E-state index in [2.05, 4.69) is 44.0 Å². The van der Waals surface area contributed by atoms with Crippen molar-refractivity contribution in [3.8, 4) is 0 Å². The van der Waals surface area contributed by atoms with Gasteiger partial charge >= 0.3 is 0 Å². The van der Waals surface area contributed by atoms with Crippen LogP contribution in [-0.4, -0.2) is 23.5 Å². The van der Waals surface area contributed by atoms with E-state index < -0.39 is 0 Å². The van der Waals surface area contributed by atoms with Crippen LogP contribution in [0.2, 0.25) is 0 Å². The molecule has 120 valence electrons. The zero-order valence-corrected chi connectivity index (χ0v) is 14.2. The molecule has 2 rings (SSSR count). The Labute approximate surface area is 130 Å². The molecule has 3 nitrogen and oxygen atoms in total. The van der Waals surface area contributed by atoms with Crippen molar-refractivity contribution in [3.63, 3.8) is 0 Å². The largest absolute Gasteiger partial charge is 0.468 e. The molecule has 1 heterocycles. The smallest absolute Gasteiger partial charge is 0.122 e. The summed E-state index contributed by atoms with van der Waals surface area (Å²) < 4.78 is 5.79. The fourth-order valence-corrected chi connectivity index (χ4v) is 3.01. The lowest BCUT2D eigenvalue weighted by Gasteiger charge is -2.31. The lowest BCUT2D eigenvalue weighted by Crippen LogP contribution is -2.37. The van der Waals surface area contributed by atoms with E-state index in [4.69, 9.17) is 4.42 Å². The van der Waals surface area contributed by atoms with E-state index in [-0.39, 0.29) is 0 Å². The van der Waals surface area contributed by atoms with Crippen molar-refractivity contribution in [2.75, 3.05) is 6.54 Å². The van der Waals surface area contributed by atoms with Gasteiger partial charge in [-0.1, -0.05) is 27.7 Å². The first-order chi connectivity index (χ1) is 10.1. The van der Waals surface area contributed by atoms with Gasteiger partial charge in [-0.05, 0) is 37.7 Å². The molecule has 0 bridgehead atoms. The van der Waals surface area contributed by atoms with E-state index in [9.17, 15) is 0 Å². The first-order valence-electron chi connectivity index (χ1n) is 8.66. The topological polar surface area (TPSA) is 28.4 Å². The van der Waals surface area contributed by atoms with Crippen molar-refractivity contribution >= 4 is 0 Å². The van der Waals surface area contributed by atoms with Crippen LogP contribution in [0, 0.1) is 5.92 Å². The minimum Gasteiger partial charge on any atom is -0.468 e. The second-order valence-electron chi connectivity index (χ2n) is 6.82. The van der Waals surface area contributed by atoms with Crippen molar-refractivity contribution in [2.24, 2.45) is 5.92 Å². The molecule has 0 spiro atoms. The standard InChI is InChI=1S/C18H32N2O/c1-5-17(6-2)20(12-14(3)4)13-18-15(9-10-21-18)11-19-16-7-8-16/h9-10,14,16-17,19H,5-8,11-13H2,1-4H3. The van der Waals surface area contributed by atoms with Gasteiger partial charge in [0, 0.05) is 30.7 Å². The number of hydrogen-bond donors (Lipinski definition) is 1. The second-order valence-corrected chi connectivity index (χ2v) is 6.82. The lowest BCUT2D eigenvalue weighted by atomic mass is 10.1. The molecule has 1 fully saturated rings. The Kier molecular flexibility index (Phi) is 6.31. The van der Waals surface area contributed by atoms with Gasteiger partial charge in [0.2, 0.25) is 0 Å². The van der Waals surface area contributed by atoms with Crippen LogP contribution in [0.3, 0.4) is 0 Å². The predicted octanol–water partition coefficient (Wildman–Crippen LogP) is 4.18. The first-order valence-corrected chi connectivity index (χ1v) is 8.66. The average molecular weight is 292 g/mol. The fourth-order valence-electron chi connectivity index (χ4n) is 3.01. The Morgan fingerprint density at radius 2 is 2.00 bits per heavy atom. The van der Waals surface area contributed by atoms with Gasteiger partial charge in [0.15, 0.2) is 0 Å². The molecule has 0 amide bonds. The number of nitrogens with one attached hydrogen (secondary N) is 1. The van der Waals surface area contributed by atoms with Crippen molar-refractivity contribution in [3.05, 3.63) is 23.7 Å². The molecule has 1 aliphatic carbocycles. The molecule has 21 heavy (non-hydrogen) atoms. The molecule has 1 aliphatic rings. The molecule has 0 saturated heterocycles. The molecule has 0 atom stereocenters. The summed E-state index contributed by atoms with van der Waals surface area (Å²) in [6.45, 7) is 12.2. The molecule has 1 saturated carbocycles. The zero-order valence-electron chi connectivity index (χ0n) is 14.2. The number of nitrogens with zero attached hydrogens (tertiary/aromatic N) is 1. The molecule has 1 N–H and O–H groups in total. The summed E-state index contributed by atoms with van der Waals surface area (Å²) >= 11 is 0. The molecular weight excluding hydrogens is 260 g/mol. The van der Waals surface area contributed by atoms with Crippen LogP contribution >= 0.6 is 0 Å². The molecule has 3 heteroatoms. The van der Waals surface area contributed by atoms with Gasteiger partial charge in [-0.15, -0.1) is 0 Å². The van der Waals surface area contributed by atoms with Gasteiger partial charge in [0.05, 0.1) is 12.8 Å². The summed E-state index contributed by atoms with van der Waals surface area (Å²) in [7, 11) is 0. The van der Waals surface area contributed by atoms with Crippen molar-refractivity contribution in [2.45, 2.75) is 78.6 Å². The number of rotatable bonds is 10. The number of hydrogen-bond acceptors (Lipinski definition) is 3. The first kappa shape index (κ1) is 16.6. The van der Waals surface area contributed by atoms with Crippen LogP contribution in [0.25, 0.3) is 0 Å². The van der Waals surface area contributed by atoms with Crippen molar-refractivity contribution in [1.29, 1.82) is 0 Å². The van der Waals surface area contributed by atoms with E-state index in [1.54, 1.807) is 0 Å². The van der Waals surface area contributed by atoms with Gasteiger partial charge in [-0.25, -0.2) is 0 Å². The highest BCUT2D eigenvalue weighted by Crippen LogP contribution is 2.22. The Hall–Kier alpha value is -0.800. The third-order valence-corrected chi connectivity index (χ3v) is 4.40. The summed E-state index contributed by atoms with van der Waals surface area (Å²) in [4.78, 5) is 2.60. The van der Waals surface area contributed by atoms with Gasteiger partial charge in [-0.2, -0.15) is 0 Å². The molecule has 0 aromatic carbocycles. The monoisotopic (exact) mass is 292 g/mol. The van der Waals surface area contributed by atoms with Crippen molar-refractivity contribution in [1.82, 2.24) is 10.2 Å². The minimum atomic E-state index is 0.654. The summed E-state index contributed by atoms with van der Waals surface area (Å²) in [5, 5.41) is 3.59. The van der Waals surface area contributed by atoms with Crippen LogP contribution in [-0.2, 0) is 13.1 Å². The van der Waals surface area contributed by atoms with E-state index in [0.717, 1.165) is 31.4 Å². The van der Waals surface area contributed by atoms with E-state index >= 15 is 0 Å². The molecule has 0 radical (unpaired) electrons. The Morgan fingerprint density at radius 3 is 2.57 bits per heavy atom. The SMILES string of the molecule is CCC(CC)N(Cc1occc1CNC1CC1)CC(C)C. The highest BCUT2D eigenvalue weighted by Gasteiger charge is 2.22. The van der Waals surface area contributed by atoms with Crippen LogP contribution in [0.15, 0.2) is 16.7 Å². The normalized spacial score (nSPS) is 15.6. The summed E-state index contributed by atoms with van der Waals surface area (Å²) in [6, 6.07) is 3.53. The zero-order chi connectivity index (χ0) is 15.2. The summed E-state index contributed by atoms with van der Waals surface area (Å²) in [6.07, 6.45) is 6.93. The summed E-state index contributed by atoms with van der Waals surface area (Å²) in [5.41, 5.74) is 1.33. The average Bonchev–Trinajstić information content (AvgIpc) is 3.17. The highest BCUT2D eigenvalue weighted by atomic mass is 16.3. The molecule has 1 aromatic rings. The van der Waals surface area contributed by atoms with Gasteiger partial charge in [-0.3, -0.25) is 4.90 Å². The van der Waals surface area contributed by atoms with Crippen LogP contribution < -0.4 is 5.32 Å². The lowest BCUT2D eigenvalue weighted by molar-refractivity contribution is 0.145. The summed E-state index contributed by atoms with van der Waals surface area (Å²) in [5.74, 6) is 1.84. The Bertz CT molecular complexity index is 405. The second kappa shape index (κ2) is 8.00. The van der Waals surface area contributed by atoms with Gasteiger partial charge < -0.3 is 9.73 Å². The highest BCUT2D eigenvalue weighted by molar-refractivity contribution is 5.17. The molecule has 0 aliphatic heterocycles. The van der Waals surface area contributed by atoms with Crippen LogP contribution in [0.1, 0.15) is 64.7 Å². The predicted molar refractivity (Wildman–Crippen MR) is 88.2 cm³/mol. The van der Waals surface area contributed by atoms with E-state index in [0.29, 0.717) is 12.0 Å². The maximum absolute atomic E-state index is 5.79. The molecule has 1 aromatic heterocycles. The van der Waals surface area contributed by atoms with Gasteiger partial charge in [0.25, 0.3) is 0 Å². The van der Waals surface area contributed by atoms with Crippen LogP contribution in [0.4, 0.5) is 0 Å². The number of furan rings is 1. The Morgan fingerprint density at radius 1 is 1.29 bits per heavy atom. The van der Waals surface area contributed by atoms with Gasteiger partial charge in [0.1, 0.15) is 5.76 Å². The van der Waals surface area contributed by atoms with E-state index in [1.807, 2.05) is 6.26 Å². The fraction of sp³-hybridized carbons (Fsp3) is 0.778. The molecular formula is C18H32N2O. The van der Waals surface area contributed by atoms with Crippen molar-refractivity contribution < 1.29 is 4.42 Å². The quantitative estimate of drug-likeness (QED) is 0.701. The van der Waals surface area contributed by atoms with Crippen LogP contribution in [0.5, 0.6) is 0 Å². The third kappa shape index (κ3) is 5.15. The van der Waals surface area contributed by atoms with E-state index in [1.165, 1.54) is 31.2 Å². The third-order valence-electron chi connectivity index (χ3n) is 4.40. The molecule has 0 unspecified atom stereocenters. The maximum atomic E-state index is 5.79. The Balaban J connectivity index is 1.98. The maximum Gasteiger partial charge on any atom is 0.122 e. The minimum absolute atomic E-state index is 0.654.